The van der Waals surface area contributed by atoms with Crippen molar-refractivity contribution in [2.45, 2.75) is 31.2 Å². The minimum absolute atomic E-state index is 0.0549. The van der Waals surface area contributed by atoms with Crippen LogP contribution in [-0.4, -0.2) is 44.1 Å². The summed E-state index contributed by atoms with van der Waals surface area (Å²) in [5.41, 5.74) is 3.01. The normalized spacial score (nSPS) is 17.0. The fourth-order valence-corrected chi connectivity index (χ4v) is 3.44. The summed E-state index contributed by atoms with van der Waals surface area (Å²) in [5, 5.41) is 2.47. The van der Waals surface area contributed by atoms with Gasteiger partial charge in [0.05, 0.1) is 5.69 Å². The molecule has 1 atom stereocenters. The maximum atomic E-state index is 13.4. The Morgan fingerprint density at radius 2 is 1.74 bits per heavy atom. The zero-order chi connectivity index (χ0) is 24.5. The second-order valence-corrected chi connectivity index (χ2v) is 7.56. The summed E-state index contributed by atoms with van der Waals surface area (Å²) < 4.78 is 79.6. The van der Waals surface area contributed by atoms with Gasteiger partial charge in [-0.25, -0.2) is 9.97 Å². The van der Waals surface area contributed by atoms with Crippen molar-refractivity contribution in [1.29, 1.82) is 0 Å². The molecule has 0 amide bonds. The summed E-state index contributed by atoms with van der Waals surface area (Å²) in [7, 11) is 0. The van der Waals surface area contributed by atoms with Gasteiger partial charge in [0.25, 0.3) is 0 Å². The van der Waals surface area contributed by atoms with Gasteiger partial charge >= 0.3 is 12.4 Å². The zero-order valence-corrected chi connectivity index (χ0v) is 17.4. The summed E-state index contributed by atoms with van der Waals surface area (Å²) in [6, 6.07) is 5.44. The predicted octanol–water partition coefficient (Wildman–Crippen LogP) is 4.04. The van der Waals surface area contributed by atoms with Gasteiger partial charge in [0.2, 0.25) is 11.9 Å². The molecule has 1 aliphatic rings. The van der Waals surface area contributed by atoms with Crippen LogP contribution in [0, 0.1) is 0 Å². The molecule has 0 saturated carbocycles. The molecule has 0 spiro atoms. The zero-order valence-electron chi connectivity index (χ0n) is 17.4. The van der Waals surface area contributed by atoms with Crippen LogP contribution in [0.4, 0.5) is 43.9 Å². The van der Waals surface area contributed by atoms with E-state index < -0.39 is 29.4 Å². The van der Waals surface area contributed by atoms with Gasteiger partial charge in [-0.3, -0.25) is 0 Å². The average molecular weight is 484 g/mol. The Kier molecular flexibility index (Phi) is 6.25. The molecule has 1 unspecified atom stereocenters. The van der Waals surface area contributed by atoms with Crippen molar-refractivity contribution in [1.82, 2.24) is 24.9 Å². The highest BCUT2D eigenvalue weighted by Gasteiger charge is 2.36. The first-order valence-electron chi connectivity index (χ1n) is 10.1. The van der Waals surface area contributed by atoms with E-state index in [0.29, 0.717) is 19.5 Å². The third-order valence-corrected chi connectivity index (χ3v) is 4.96. The Balaban J connectivity index is 1.79. The van der Waals surface area contributed by atoms with Gasteiger partial charge in [-0.05, 0) is 37.1 Å². The van der Waals surface area contributed by atoms with Gasteiger partial charge in [-0.15, -0.1) is 0 Å². The lowest BCUT2D eigenvalue weighted by Gasteiger charge is -2.31. The number of anilines is 3. The van der Waals surface area contributed by atoms with E-state index >= 15 is 0 Å². The van der Waals surface area contributed by atoms with Crippen LogP contribution in [-0.2, 0) is 12.4 Å². The Morgan fingerprint density at radius 3 is 2.44 bits per heavy atom. The molecule has 0 aliphatic carbocycles. The standard InChI is InChI=1S/C20H18F6N8/c21-19(22,23)14-7-1-5-13(29-14)16-31-17(30-12-6-2-8-28-15(12)20(24,25)26)33-18(32-16)34-9-3-4-11(27)10-34/h1-2,5-8,11H,3-4,9-10,27H2,(H,30,31,32,33). The van der Waals surface area contributed by atoms with Gasteiger partial charge in [0.1, 0.15) is 11.4 Å². The minimum Gasteiger partial charge on any atom is -0.339 e. The van der Waals surface area contributed by atoms with E-state index in [2.05, 4.69) is 30.2 Å². The number of piperidine rings is 1. The van der Waals surface area contributed by atoms with E-state index in [9.17, 15) is 26.3 Å². The molecule has 4 heterocycles. The van der Waals surface area contributed by atoms with Crippen molar-refractivity contribution in [3.8, 4) is 11.5 Å². The van der Waals surface area contributed by atoms with E-state index in [-0.39, 0.29) is 29.5 Å². The molecule has 4 rings (SSSR count). The molecule has 3 N–H and O–H groups in total. The van der Waals surface area contributed by atoms with Crippen LogP contribution in [0.5, 0.6) is 0 Å². The van der Waals surface area contributed by atoms with Crippen molar-refractivity contribution >= 4 is 17.6 Å². The number of halogens is 6. The van der Waals surface area contributed by atoms with Crippen LogP contribution in [0.2, 0.25) is 0 Å². The van der Waals surface area contributed by atoms with Gasteiger partial charge in [0.15, 0.2) is 11.5 Å². The predicted molar refractivity (Wildman–Crippen MR) is 110 cm³/mol. The van der Waals surface area contributed by atoms with E-state index in [4.69, 9.17) is 5.73 Å². The molecule has 3 aromatic heterocycles. The van der Waals surface area contributed by atoms with Crippen molar-refractivity contribution in [3.05, 3.63) is 47.9 Å². The SMILES string of the molecule is NC1CCCN(c2nc(Nc3cccnc3C(F)(F)F)nc(-c3cccc(C(F)(F)F)n3)n2)C1. The van der Waals surface area contributed by atoms with Gasteiger partial charge in [-0.2, -0.15) is 41.3 Å². The summed E-state index contributed by atoms with van der Waals surface area (Å²) >= 11 is 0. The van der Waals surface area contributed by atoms with Gasteiger partial charge in [0, 0.05) is 25.3 Å². The summed E-state index contributed by atoms with van der Waals surface area (Å²) in [6.45, 7) is 0.868. The first-order valence-corrected chi connectivity index (χ1v) is 10.1. The smallest absolute Gasteiger partial charge is 0.339 e. The maximum Gasteiger partial charge on any atom is 0.435 e. The second-order valence-electron chi connectivity index (χ2n) is 7.56. The molecular weight excluding hydrogens is 466 g/mol. The molecule has 0 aromatic carbocycles. The van der Waals surface area contributed by atoms with Crippen molar-refractivity contribution < 1.29 is 26.3 Å². The lowest BCUT2D eigenvalue weighted by atomic mass is 10.1. The van der Waals surface area contributed by atoms with Crippen LogP contribution in [0.1, 0.15) is 24.2 Å². The third kappa shape index (κ3) is 5.32. The van der Waals surface area contributed by atoms with Crippen LogP contribution in [0.15, 0.2) is 36.5 Å². The molecule has 3 aromatic rings. The van der Waals surface area contributed by atoms with Crippen molar-refractivity contribution in [2.75, 3.05) is 23.3 Å². The highest BCUT2D eigenvalue weighted by Crippen LogP contribution is 2.34. The number of aromatic nitrogens is 5. The number of hydrogen-bond acceptors (Lipinski definition) is 8. The number of hydrogen-bond donors (Lipinski definition) is 2. The fourth-order valence-electron chi connectivity index (χ4n) is 3.44. The topological polar surface area (TPSA) is 106 Å². The Hall–Kier alpha value is -3.55. The Labute approximate surface area is 189 Å². The molecule has 1 saturated heterocycles. The molecule has 1 fully saturated rings. The van der Waals surface area contributed by atoms with Crippen LogP contribution in [0.25, 0.3) is 11.5 Å². The van der Waals surface area contributed by atoms with E-state index in [0.717, 1.165) is 30.8 Å². The number of pyridine rings is 2. The van der Waals surface area contributed by atoms with Crippen molar-refractivity contribution in [2.24, 2.45) is 5.73 Å². The first kappa shape index (κ1) is 23.6. The Morgan fingerprint density at radius 1 is 0.941 bits per heavy atom. The monoisotopic (exact) mass is 484 g/mol. The lowest BCUT2D eigenvalue weighted by molar-refractivity contribution is -0.141. The average Bonchev–Trinajstić information content (AvgIpc) is 2.78. The molecule has 14 heteroatoms. The van der Waals surface area contributed by atoms with Crippen LogP contribution < -0.4 is 16.0 Å². The second kappa shape index (κ2) is 9.00. The summed E-state index contributed by atoms with van der Waals surface area (Å²) in [4.78, 5) is 21.1. The van der Waals surface area contributed by atoms with Crippen LogP contribution in [0.3, 0.4) is 0 Å². The number of nitrogens with one attached hydrogen (secondary N) is 1. The number of alkyl halides is 6. The van der Waals surface area contributed by atoms with E-state index in [1.165, 1.54) is 12.1 Å². The third-order valence-electron chi connectivity index (χ3n) is 4.96. The number of rotatable bonds is 4. The molecular formula is C20H18F6N8. The van der Waals surface area contributed by atoms with Crippen molar-refractivity contribution in [3.63, 3.8) is 0 Å². The largest absolute Gasteiger partial charge is 0.435 e. The highest BCUT2D eigenvalue weighted by atomic mass is 19.4. The molecule has 180 valence electrons. The maximum absolute atomic E-state index is 13.4. The molecule has 34 heavy (non-hydrogen) atoms. The summed E-state index contributed by atoms with van der Waals surface area (Å²) in [6.07, 6.45) is -7.00. The van der Waals surface area contributed by atoms with E-state index in [1.54, 1.807) is 4.90 Å². The highest BCUT2D eigenvalue weighted by molar-refractivity contribution is 5.61. The lowest BCUT2D eigenvalue weighted by Crippen LogP contribution is -2.43. The minimum atomic E-state index is -4.76. The number of nitrogens with zero attached hydrogens (tertiary/aromatic N) is 6. The summed E-state index contributed by atoms with van der Waals surface area (Å²) in [5.74, 6) is -0.494. The van der Waals surface area contributed by atoms with Gasteiger partial charge < -0.3 is 16.0 Å². The quantitative estimate of drug-likeness (QED) is 0.535. The molecule has 0 radical (unpaired) electrons. The Bertz CT molecular complexity index is 1170. The van der Waals surface area contributed by atoms with Crippen LogP contribution >= 0.6 is 0 Å². The van der Waals surface area contributed by atoms with Gasteiger partial charge in [-0.1, -0.05) is 6.07 Å². The first-order chi connectivity index (χ1) is 16.0. The number of nitrogens with two attached hydrogens (primary N) is 1. The fraction of sp³-hybridized carbons (Fsp3) is 0.350. The molecule has 0 bridgehead atoms. The molecule has 1 aliphatic heterocycles. The van der Waals surface area contributed by atoms with E-state index in [1.807, 2.05) is 0 Å². The molecule has 8 nitrogen and oxygen atoms in total.